The van der Waals surface area contributed by atoms with Crippen LogP contribution in [0.2, 0.25) is 0 Å². The summed E-state index contributed by atoms with van der Waals surface area (Å²) in [4.78, 5) is 13.3. The molecule has 1 aliphatic heterocycles. The van der Waals surface area contributed by atoms with Crippen LogP contribution in [0.4, 0.5) is 4.39 Å². The second-order valence-corrected chi connectivity index (χ2v) is 4.83. The van der Waals surface area contributed by atoms with Crippen LogP contribution >= 0.6 is 0 Å². The van der Waals surface area contributed by atoms with Gasteiger partial charge in [-0.2, -0.15) is 0 Å². The quantitative estimate of drug-likeness (QED) is 0.739. The summed E-state index contributed by atoms with van der Waals surface area (Å²) in [6.45, 7) is 4.30. The Morgan fingerprint density at radius 3 is 2.83 bits per heavy atom. The van der Waals surface area contributed by atoms with Crippen molar-refractivity contribution >= 4 is 5.91 Å². The fourth-order valence-electron chi connectivity index (χ4n) is 2.40. The summed E-state index contributed by atoms with van der Waals surface area (Å²) in [6, 6.07) is 5.79. The molecule has 1 aromatic carbocycles. The minimum Gasteiger partial charge on any atom is -0.352 e. The van der Waals surface area contributed by atoms with Crippen LogP contribution in [0, 0.1) is 5.82 Å². The highest BCUT2D eigenvalue weighted by atomic mass is 19.1. The van der Waals surface area contributed by atoms with Gasteiger partial charge in [-0.15, -0.1) is 0 Å². The molecule has 2 N–H and O–H groups in total. The van der Waals surface area contributed by atoms with E-state index in [2.05, 4.69) is 5.32 Å². The number of amides is 1. The third kappa shape index (κ3) is 3.81. The zero-order valence-corrected chi connectivity index (χ0v) is 10.5. The number of carbonyl (C=O) groups is 1. The summed E-state index contributed by atoms with van der Waals surface area (Å²) in [5.74, 6) is -0.560. The lowest BCUT2D eigenvalue weighted by molar-refractivity contribution is -0.887. The number of likely N-dealkylation sites (tertiary alicyclic amines) is 1. The molecule has 0 radical (unpaired) electrons. The molecule has 0 saturated carbocycles. The molecule has 0 aromatic heterocycles. The number of hydrogen-bond donors (Lipinski definition) is 2. The lowest BCUT2D eigenvalue weighted by Gasteiger charge is -2.12. The molecule has 1 aromatic rings. The van der Waals surface area contributed by atoms with E-state index in [0.717, 1.165) is 13.0 Å². The van der Waals surface area contributed by atoms with Crippen molar-refractivity contribution in [2.75, 3.05) is 26.2 Å². The summed E-state index contributed by atoms with van der Waals surface area (Å²) in [5, 5.41) is 2.83. The number of hydrogen-bond acceptors (Lipinski definition) is 1. The van der Waals surface area contributed by atoms with Crippen molar-refractivity contribution in [1.29, 1.82) is 0 Å². The zero-order valence-electron chi connectivity index (χ0n) is 10.5. The number of quaternary nitrogens is 1. The molecule has 1 amide bonds. The van der Waals surface area contributed by atoms with E-state index in [1.807, 2.05) is 0 Å². The van der Waals surface area contributed by atoms with Gasteiger partial charge in [0.15, 0.2) is 0 Å². The normalized spacial score (nSPS) is 15.8. The first-order chi connectivity index (χ1) is 8.75. The van der Waals surface area contributed by atoms with Crippen LogP contribution in [-0.2, 0) is 0 Å². The van der Waals surface area contributed by atoms with E-state index in [0.29, 0.717) is 12.1 Å². The van der Waals surface area contributed by atoms with E-state index in [-0.39, 0.29) is 11.7 Å². The van der Waals surface area contributed by atoms with Gasteiger partial charge in [0.2, 0.25) is 0 Å². The van der Waals surface area contributed by atoms with Crippen molar-refractivity contribution in [3.63, 3.8) is 0 Å². The Bertz CT molecular complexity index is 403. The molecule has 2 rings (SSSR count). The van der Waals surface area contributed by atoms with E-state index >= 15 is 0 Å². The monoisotopic (exact) mass is 251 g/mol. The van der Waals surface area contributed by atoms with Crippen LogP contribution in [0.3, 0.4) is 0 Å². The van der Waals surface area contributed by atoms with E-state index in [9.17, 15) is 9.18 Å². The molecule has 1 aliphatic rings. The van der Waals surface area contributed by atoms with Gasteiger partial charge in [0, 0.05) is 31.4 Å². The minimum atomic E-state index is -0.371. The molecule has 0 spiro atoms. The van der Waals surface area contributed by atoms with Gasteiger partial charge in [-0.3, -0.25) is 4.79 Å². The Balaban J connectivity index is 1.68. The molecule has 1 saturated heterocycles. The van der Waals surface area contributed by atoms with Gasteiger partial charge in [0.25, 0.3) is 5.91 Å². The second kappa shape index (κ2) is 6.50. The van der Waals surface area contributed by atoms with Crippen molar-refractivity contribution in [3.05, 3.63) is 35.6 Å². The third-order valence-electron chi connectivity index (χ3n) is 3.39. The Hall–Kier alpha value is -1.42. The van der Waals surface area contributed by atoms with Gasteiger partial charge in [-0.1, -0.05) is 6.07 Å². The smallest absolute Gasteiger partial charge is 0.251 e. The van der Waals surface area contributed by atoms with Gasteiger partial charge in [0.1, 0.15) is 5.82 Å². The highest BCUT2D eigenvalue weighted by molar-refractivity contribution is 5.94. The van der Waals surface area contributed by atoms with Crippen LogP contribution < -0.4 is 10.2 Å². The number of rotatable bonds is 5. The highest BCUT2D eigenvalue weighted by Gasteiger charge is 2.14. The Labute approximate surface area is 107 Å². The predicted octanol–water partition coefficient (Wildman–Crippen LogP) is 0.624. The van der Waals surface area contributed by atoms with E-state index < -0.39 is 0 Å². The highest BCUT2D eigenvalue weighted by Crippen LogP contribution is 2.02. The number of benzene rings is 1. The van der Waals surface area contributed by atoms with Gasteiger partial charge < -0.3 is 10.2 Å². The zero-order chi connectivity index (χ0) is 12.8. The largest absolute Gasteiger partial charge is 0.352 e. The summed E-state index contributed by atoms with van der Waals surface area (Å²) >= 11 is 0. The van der Waals surface area contributed by atoms with Gasteiger partial charge in [-0.25, -0.2) is 4.39 Å². The summed E-state index contributed by atoms with van der Waals surface area (Å²) in [7, 11) is 0. The molecule has 0 unspecified atom stereocenters. The van der Waals surface area contributed by atoms with E-state index in [1.54, 1.807) is 17.0 Å². The topological polar surface area (TPSA) is 33.5 Å². The molecule has 4 heteroatoms. The van der Waals surface area contributed by atoms with Gasteiger partial charge in [0.05, 0.1) is 19.6 Å². The van der Waals surface area contributed by atoms with Crippen LogP contribution in [0.1, 0.15) is 29.6 Å². The minimum absolute atomic E-state index is 0.189. The Kier molecular flexibility index (Phi) is 4.70. The maximum atomic E-state index is 12.9. The molecular formula is C14H20FN2O+. The number of nitrogens with one attached hydrogen (secondary N) is 2. The standard InChI is InChI=1S/C14H19FN2O/c15-13-6-3-5-12(11-13)14(18)16-7-4-10-17-8-1-2-9-17/h3,5-6,11H,1-2,4,7-10H2,(H,16,18)/p+1. The summed E-state index contributed by atoms with van der Waals surface area (Å²) < 4.78 is 12.9. The van der Waals surface area contributed by atoms with Crippen molar-refractivity contribution < 1.29 is 14.1 Å². The molecule has 3 nitrogen and oxygen atoms in total. The molecule has 0 aliphatic carbocycles. The first-order valence-corrected chi connectivity index (χ1v) is 6.63. The van der Waals surface area contributed by atoms with Crippen molar-refractivity contribution in [2.24, 2.45) is 0 Å². The average molecular weight is 251 g/mol. The SMILES string of the molecule is O=C(NCCC[NH+]1CCCC1)c1cccc(F)c1. The Morgan fingerprint density at radius 2 is 2.11 bits per heavy atom. The van der Waals surface area contributed by atoms with Crippen LogP contribution in [0.15, 0.2) is 24.3 Å². The molecule has 18 heavy (non-hydrogen) atoms. The van der Waals surface area contributed by atoms with Gasteiger partial charge in [-0.05, 0) is 18.2 Å². The number of carbonyl (C=O) groups excluding carboxylic acids is 1. The van der Waals surface area contributed by atoms with Crippen molar-refractivity contribution in [1.82, 2.24) is 5.32 Å². The first kappa shape index (κ1) is 13.0. The van der Waals surface area contributed by atoms with Crippen molar-refractivity contribution in [3.8, 4) is 0 Å². The lowest BCUT2D eigenvalue weighted by atomic mass is 10.2. The molecule has 1 heterocycles. The second-order valence-electron chi connectivity index (χ2n) is 4.83. The Morgan fingerprint density at radius 1 is 1.33 bits per heavy atom. The molecule has 1 fully saturated rings. The molecule has 0 bridgehead atoms. The maximum Gasteiger partial charge on any atom is 0.251 e. The van der Waals surface area contributed by atoms with Crippen LogP contribution in [0.5, 0.6) is 0 Å². The lowest BCUT2D eigenvalue weighted by Crippen LogP contribution is -3.10. The molecule has 98 valence electrons. The van der Waals surface area contributed by atoms with Gasteiger partial charge >= 0.3 is 0 Å². The predicted molar refractivity (Wildman–Crippen MR) is 68.1 cm³/mol. The van der Waals surface area contributed by atoms with Crippen molar-refractivity contribution in [2.45, 2.75) is 19.3 Å². The molecular weight excluding hydrogens is 231 g/mol. The number of halogens is 1. The molecule has 0 atom stereocenters. The average Bonchev–Trinajstić information content (AvgIpc) is 2.87. The van der Waals surface area contributed by atoms with Crippen LogP contribution in [0.25, 0.3) is 0 Å². The van der Waals surface area contributed by atoms with E-state index in [1.165, 1.54) is 38.1 Å². The first-order valence-electron chi connectivity index (χ1n) is 6.63. The summed E-state index contributed by atoms with van der Waals surface area (Å²) in [5.41, 5.74) is 0.392. The van der Waals surface area contributed by atoms with E-state index in [4.69, 9.17) is 0 Å². The fourth-order valence-corrected chi connectivity index (χ4v) is 2.40. The maximum absolute atomic E-state index is 12.9. The third-order valence-corrected chi connectivity index (χ3v) is 3.39. The summed E-state index contributed by atoms with van der Waals surface area (Å²) in [6.07, 6.45) is 3.63. The fraction of sp³-hybridized carbons (Fsp3) is 0.500. The van der Waals surface area contributed by atoms with Crippen LogP contribution in [-0.4, -0.2) is 32.1 Å².